The van der Waals surface area contributed by atoms with Crippen LogP contribution in [0.15, 0.2) is 47.4 Å². The first-order valence-corrected chi connectivity index (χ1v) is 11.9. The molecule has 1 amide bonds. The summed E-state index contributed by atoms with van der Waals surface area (Å²) < 4.78 is 54.2. The highest BCUT2D eigenvalue weighted by Crippen LogP contribution is 2.31. The minimum atomic E-state index is -4.01. The Morgan fingerprint density at radius 3 is 2.45 bits per heavy atom. The average molecular weight is 464 g/mol. The van der Waals surface area contributed by atoms with E-state index in [0.29, 0.717) is 29.5 Å². The maximum absolute atomic E-state index is 14.3. The van der Waals surface area contributed by atoms with Crippen LogP contribution in [0.4, 0.5) is 13.9 Å². The summed E-state index contributed by atoms with van der Waals surface area (Å²) >= 11 is 1.23. The molecule has 0 unspecified atom stereocenters. The fraction of sp³-hybridized carbons (Fsp3) is 0.238. The number of benzene rings is 2. The van der Waals surface area contributed by atoms with Crippen LogP contribution in [0.5, 0.6) is 0 Å². The molecule has 0 atom stereocenters. The van der Waals surface area contributed by atoms with Crippen molar-refractivity contribution in [1.82, 2.24) is 9.29 Å². The van der Waals surface area contributed by atoms with Crippen LogP contribution >= 0.6 is 11.3 Å². The Morgan fingerprint density at radius 2 is 1.77 bits per heavy atom. The van der Waals surface area contributed by atoms with Crippen molar-refractivity contribution >= 4 is 32.4 Å². The fourth-order valence-corrected chi connectivity index (χ4v) is 5.84. The van der Waals surface area contributed by atoms with E-state index in [1.807, 2.05) is 6.92 Å². The second-order valence-electron chi connectivity index (χ2n) is 7.14. The molecule has 31 heavy (non-hydrogen) atoms. The SMILES string of the molecule is Cc1sc(NC(=O)c2ccc(F)c(S(=O)(=O)N3CCCC3)c2)nc1-c1ccc(F)cc1. The van der Waals surface area contributed by atoms with Gasteiger partial charge in [0.2, 0.25) is 10.0 Å². The van der Waals surface area contributed by atoms with E-state index in [1.165, 1.54) is 33.8 Å². The molecule has 1 aromatic heterocycles. The van der Waals surface area contributed by atoms with Crippen LogP contribution in [-0.2, 0) is 10.0 Å². The van der Waals surface area contributed by atoms with Crippen LogP contribution in [0.2, 0.25) is 0 Å². The van der Waals surface area contributed by atoms with Crippen molar-refractivity contribution < 1.29 is 22.0 Å². The lowest BCUT2D eigenvalue weighted by atomic mass is 10.1. The molecule has 6 nitrogen and oxygen atoms in total. The van der Waals surface area contributed by atoms with Gasteiger partial charge in [-0.2, -0.15) is 4.31 Å². The molecule has 1 fully saturated rings. The number of nitrogens with zero attached hydrogens (tertiary/aromatic N) is 2. The predicted octanol–water partition coefficient (Wildman–Crippen LogP) is 4.43. The number of thiazole rings is 1. The Balaban J connectivity index is 1.58. The molecule has 0 saturated carbocycles. The van der Waals surface area contributed by atoms with E-state index in [4.69, 9.17) is 0 Å². The van der Waals surface area contributed by atoms with Gasteiger partial charge in [-0.05, 0) is 62.2 Å². The number of anilines is 1. The number of rotatable bonds is 5. The molecule has 2 heterocycles. The number of aromatic nitrogens is 1. The summed E-state index contributed by atoms with van der Waals surface area (Å²) in [6.45, 7) is 2.50. The second kappa shape index (κ2) is 8.45. The Morgan fingerprint density at radius 1 is 1.10 bits per heavy atom. The van der Waals surface area contributed by atoms with Crippen molar-refractivity contribution in [1.29, 1.82) is 0 Å². The summed E-state index contributed by atoms with van der Waals surface area (Å²) in [6.07, 6.45) is 1.45. The minimum Gasteiger partial charge on any atom is -0.298 e. The van der Waals surface area contributed by atoms with Crippen molar-refractivity contribution in [3.63, 3.8) is 0 Å². The van der Waals surface area contributed by atoms with Gasteiger partial charge in [-0.25, -0.2) is 22.2 Å². The molecule has 3 aromatic rings. The maximum atomic E-state index is 14.3. The van der Waals surface area contributed by atoms with Crippen molar-refractivity contribution in [2.75, 3.05) is 18.4 Å². The molecule has 162 valence electrons. The molecule has 1 saturated heterocycles. The highest BCUT2D eigenvalue weighted by atomic mass is 32.2. The van der Waals surface area contributed by atoms with Crippen LogP contribution in [-0.4, -0.2) is 36.7 Å². The van der Waals surface area contributed by atoms with Gasteiger partial charge in [0, 0.05) is 29.1 Å². The van der Waals surface area contributed by atoms with Crippen LogP contribution in [0, 0.1) is 18.6 Å². The third-order valence-corrected chi connectivity index (χ3v) is 7.81. The van der Waals surface area contributed by atoms with Crippen LogP contribution < -0.4 is 5.32 Å². The van der Waals surface area contributed by atoms with Gasteiger partial charge in [-0.3, -0.25) is 10.1 Å². The summed E-state index contributed by atoms with van der Waals surface area (Å²) in [6, 6.07) is 9.11. The third kappa shape index (κ3) is 4.36. The lowest BCUT2D eigenvalue weighted by Crippen LogP contribution is -2.29. The van der Waals surface area contributed by atoms with Crippen molar-refractivity contribution in [3.05, 3.63) is 64.5 Å². The Bertz CT molecular complexity index is 1240. The van der Waals surface area contributed by atoms with Crippen LogP contribution in [0.1, 0.15) is 28.1 Å². The number of hydrogen-bond donors (Lipinski definition) is 1. The topological polar surface area (TPSA) is 79.4 Å². The van der Waals surface area contributed by atoms with Gasteiger partial charge in [0.05, 0.1) is 5.69 Å². The quantitative estimate of drug-likeness (QED) is 0.607. The summed E-state index contributed by atoms with van der Waals surface area (Å²) in [4.78, 5) is 17.4. The number of amides is 1. The molecular formula is C21H19F2N3O3S2. The lowest BCUT2D eigenvalue weighted by molar-refractivity contribution is 0.102. The molecule has 1 aliphatic rings. The normalized spacial score (nSPS) is 14.7. The van der Waals surface area contributed by atoms with Gasteiger partial charge >= 0.3 is 0 Å². The van der Waals surface area contributed by atoms with Crippen molar-refractivity contribution in [3.8, 4) is 11.3 Å². The Hall–Kier alpha value is -2.69. The number of hydrogen-bond acceptors (Lipinski definition) is 5. The van der Waals surface area contributed by atoms with Gasteiger partial charge in [0.15, 0.2) is 5.13 Å². The maximum Gasteiger partial charge on any atom is 0.257 e. The van der Waals surface area contributed by atoms with Gasteiger partial charge < -0.3 is 0 Å². The Labute approximate surface area is 182 Å². The molecule has 0 bridgehead atoms. The summed E-state index contributed by atoms with van der Waals surface area (Å²) in [5.74, 6) is -1.86. The van der Waals surface area contributed by atoms with E-state index >= 15 is 0 Å². The summed E-state index contributed by atoms with van der Waals surface area (Å²) in [5.41, 5.74) is 1.32. The van der Waals surface area contributed by atoms with Crippen LogP contribution in [0.3, 0.4) is 0 Å². The third-order valence-electron chi connectivity index (χ3n) is 5.01. The second-order valence-corrected chi connectivity index (χ2v) is 10.3. The molecule has 0 radical (unpaired) electrons. The molecule has 1 aliphatic heterocycles. The molecule has 10 heteroatoms. The molecule has 0 aliphatic carbocycles. The first kappa shape index (κ1) is 21.5. The lowest BCUT2D eigenvalue weighted by Gasteiger charge is -2.16. The molecular weight excluding hydrogens is 444 g/mol. The zero-order valence-electron chi connectivity index (χ0n) is 16.6. The average Bonchev–Trinajstić information content (AvgIpc) is 3.39. The van der Waals surface area contributed by atoms with Gasteiger partial charge in [0.1, 0.15) is 16.5 Å². The number of sulfonamides is 1. The molecule has 2 aromatic carbocycles. The largest absolute Gasteiger partial charge is 0.298 e. The highest BCUT2D eigenvalue weighted by molar-refractivity contribution is 7.89. The van der Waals surface area contributed by atoms with Gasteiger partial charge in [-0.1, -0.05) is 0 Å². The van der Waals surface area contributed by atoms with E-state index in [1.54, 1.807) is 12.1 Å². The van der Waals surface area contributed by atoms with Crippen molar-refractivity contribution in [2.45, 2.75) is 24.7 Å². The van der Waals surface area contributed by atoms with Crippen LogP contribution in [0.25, 0.3) is 11.3 Å². The first-order valence-electron chi connectivity index (χ1n) is 9.60. The van der Waals surface area contributed by atoms with E-state index in [9.17, 15) is 22.0 Å². The number of aryl methyl sites for hydroxylation is 1. The molecule has 1 N–H and O–H groups in total. The number of carbonyl (C=O) groups excluding carboxylic acids is 1. The van der Waals surface area contributed by atoms with Gasteiger partial charge in [-0.15, -0.1) is 11.3 Å². The number of carbonyl (C=O) groups is 1. The summed E-state index contributed by atoms with van der Waals surface area (Å²) in [7, 11) is -4.01. The minimum absolute atomic E-state index is 0.00959. The van der Waals surface area contributed by atoms with Crippen molar-refractivity contribution in [2.24, 2.45) is 0 Å². The van der Waals surface area contributed by atoms with E-state index in [2.05, 4.69) is 10.3 Å². The highest BCUT2D eigenvalue weighted by Gasteiger charge is 2.30. The summed E-state index contributed by atoms with van der Waals surface area (Å²) in [5, 5.41) is 2.93. The number of nitrogens with one attached hydrogen (secondary N) is 1. The standard InChI is InChI=1S/C21H19F2N3O3S2/c1-13-19(14-4-7-16(22)8-5-14)24-21(30-13)25-20(27)15-6-9-17(23)18(12-15)31(28,29)26-10-2-3-11-26/h4-9,12H,2-3,10-11H2,1H3,(H,24,25,27). The van der Waals surface area contributed by atoms with E-state index in [0.717, 1.165) is 29.9 Å². The zero-order valence-corrected chi connectivity index (χ0v) is 18.2. The first-order chi connectivity index (χ1) is 14.8. The van der Waals surface area contributed by atoms with Gasteiger partial charge in [0.25, 0.3) is 5.91 Å². The molecule has 4 rings (SSSR count). The predicted molar refractivity (Wildman–Crippen MR) is 115 cm³/mol. The zero-order chi connectivity index (χ0) is 22.2. The van der Waals surface area contributed by atoms with E-state index in [-0.39, 0.29) is 11.4 Å². The number of halogens is 2. The fourth-order valence-electron chi connectivity index (χ4n) is 3.40. The monoisotopic (exact) mass is 463 g/mol. The van der Waals surface area contributed by atoms with E-state index < -0.39 is 26.6 Å². The Kier molecular flexibility index (Phi) is 5.87. The smallest absolute Gasteiger partial charge is 0.257 e. The molecule has 0 spiro atoms.